The van der Waals surface area contributed by atoms with Gasteiger partial charge in [-0.1, -0.05) is 17.7 Å². The molecule has 1 aliphatic rings. The summed E-state index contributed by atoms with van der Waals surface area (Å²) in [5.74, 6) is 0.476. The van der Waals surface area contributed by atoms with E-state index < -0.39 is 0 Å². The van der Waals surface area contributed by atoms with Crippen LogP contribution in [0.5, 0.6) is 0 Å². The Hall–Kier alpha value is -0.770. The molecule has 0 saturated carbocycles. The van der Waals surface area contributed by atoms with Gasteiger partial charge in [0.15, 0.2) is 0 Å². The molecule has 0 aromatic heterocycles. The van der Waals surface area contributed by atoms with E-state index in [1.54, 1.807) is 24.3 Å². The van der Waals surface area contributed by atoms with E-state index in [1.807, 2.05) is 4.90 Å². The lowest BCUT2D eigenvalue weighted by Gasteiger charge is -2.21. The quantitative estimate of drug-likeness (QED) is 0.909. The van der Waals surface area contributed by atoms with Crippen LogP contribution in [0.2, 0.25) is 5.02 Å². The lowest BCUT2D eigenvalue weighted by molar-refractivity contribution is 0.0743. The number of benzene rings is 1. The van der Waals surface area contributed by atoms with Gasteiger partial charge in [-0.05, 0) is 44.0 Å². The first kappa shape index (κ1) is 15.3. The van der Waals surface area contributed by atoms with Gasteiger partial charge in [0.2, 0.25) is 0 Å². The molecule has 1 amide bonds. The van der Waals surface area contributed by atoms with E-state index in [2.05, 4.69) is 6.92 Å². The summed E-state index contributed by atoms with van der Waals surface area (Å²) in [4.78, 5) is 14.2. The van der Waals surface area contributed by atoms with Crippen LogP contribution in [0.3, 0.4) is 0 Å². The fourth-order valence-corrected chi connectivity index (χ4v) is 2.57. The number of amides is 1. The monoisotopic (exact) mass is 288 g/mol. The third kappa shape index (κ3) is 3.16. The van der Waals surface area contributed by atoms with Crippen molar-refractivity contribution in [3.05, 3.63) is 34.9 Å². The lowest BCUT2D eigenvalue weighted by atomic mass is 10.1. The molecule has 0 aliphatic carbocycles. The Morgan fingerprint density at radius 2 is 2.28 bits per heavy atom. The first-order valence-electron chi connectivity index (χ1n) is 5.88. The van der Waals surface area contributed by atoms with Crippen molar-refractivity contribution in [1.82, 2.24) is 4.90 Å². The number of carbonyl (C=O) groups is 1. The van der Waals surface area contributed by atoms with Crippen LogP contribution < -0.4 is 5.73 Å². The fourth-order valence-electron chi connectivity index (χ4n) is 2.38. The van der Waals surface area contributed by atoms with Gasteiger partial charge in [0.05, 0.1) is 0 Å². The van der Waals surface area contributed by atoms with E-state index in [-0.39, 0.29) is 24.4 Å². The van der Waals surface area contributed by atoms with Crippen molar-refractivity contribution in [3.63, 3.8) is 0 Å². The van der Waals surface area contributed by atoms with Gasteiger partial charge in [-0.2, -0.15) is 0 Å². The van der Waals surface area contributed by atoms with Gasteiger partial charge < -0.3 is 10.6 Å². The Kier molecular flexibility index (Phi) is 5.45. The summed E-state index contributed by atoms with van der Waals surface area (Å²) in [7, 11) is 0. The molecule has 2 unspecified atom stereocenters. The predicted molar refractivity (Wildman–Crippen MR) is 76.4 cm³/mol. The van der Waals surface area contributed by atoms with Crippen LogP contribution in [0, 0.1) is 5.92 Å². The molecule has 3 nitrogen and oxygen atoms in total. The highest BCUT2D eigenvalue weighted by Gasteiger charge is 2.31. The number of rotatable bonds is 2. The average Bonchev–Trinajstić information content (AvgIpc) is 2.69. The molecular formula is C13H18Cl2N2O. The third-order valence-electron chi connectivity index (χ3n) is 3.33. The fraction of sp³-hybridized carbons (Fsp3) is 0.462. The maximum Gasteiger partial charge on any atom is 0.254 e. The van der Waals surface area contributed by atoms with Crippen molar-refractivity contribution in [2.45, 2.75) is 19.4 Å². The van der Waals surface area contributed by atoms with Gasteiger partial charge in [-0.15, -0.1) is 12.4 Å². The van der Waals surface area contributed by atoms with Crippen LogP contribution in [-0.2, 0) is 0 Å². The summed E-state index contributed by atoms with van der Waals surface area (Å²) in [5, 5.41) is 0.595. The molecule has 1 aromatic rings. The van der Waals surface area contributed by atoms with Gasteiger partial charge in [-0.3, -0.25) is 4.79 Å². The Bertz CT molecular complexity index is 425. The van der Waals surface area contributed by atoms with Crippen molar-refractivity contribution in [3.8, 4) is 0 Å². The van der Waals surface area contributed by atoms with E-state index >= 15 is 0 Å². The highest BCUT2D eigenvalue weighted by Crippen LogP contribution is 2.24. The summed E-state index contributed by atoms with van der Waals surface area (Å²) in [5.41, 5.74) is 6.32. The summed E-state index contributed by atoms with van der Waals surface area (Å²) in [6, 6.07) is 7.35. The molecule has 5 heteroatoms. The van der Waals surface area contributed by atoms with Crippen LogP contribution in [0.15, 0.2) is 24.3 Å². The average molecular weight is 289 g/mol. The van der Waals surface area contributed by atoms with Crippen molar-refractivity contribution in [2.75, 3.05) is 13.1 Å². The zero-order chi connectivity index (χ0) is 12.4. The second-order valence-corrected chi connectivity index (χ2v) is 5.09. The molecule has 2 atom stereocenters. The molecule has 2 rings (SSSR count). The minimum absolute atomic E-state index is 0. The molecule has 1 saturated heterocycles. The number of likely N-dealkylation sites (tertiary alicyclic amines) is 1. The molecule has 18 heavy (non-hydrogen) atoms. The topological polar surface area (TPSA) is 46.3 Å². The summed E-state index contributed by atoms with van der Waals surface area (Å²) in [6.07, 6.45) is 0.989. The molecule has 1 aromatic carbocycles. The van der Waals surface area contributed by atoms with Crippen LogP contribution in [-0.4, -0.2) is 29.9 Å². The van der Waals surface area contributed by atoms with E-state index in [1.165, 1.54) is 0 Å². The highest BCUT2D eigenvalue weighted by molar-refractivity contribution is 6.30. The van der Waals surface area contributed by atoms with E-state index in [4.69, 9.17) is 17.3 Å². The number of nitrogens with two attached hydrogens (primary N) is 1. The summed E-state index contributed by atoms with van der Waals surface area (Å²) < 4.78 is 0. The van der Waals surface area contributed by atoms with Crippen LogP contribution in [0.1, 0.15) is 23.7 Å². The molecular weight excluding hydrogens is 271 g/mol. The van der Waals surface area contributed by atoms with Crippen LogP contribution >= 0.6 is 24.0 Å². The SMILES string of the molecule is CC1CC(CN)CN1C(=O)c1cccc(Cl)c1.Cl. The van der Waals surface area contributed by atoms with E-state index in [9.17, 15) is 4.79 Å². The molecule has 100 valence electrons. The van der Waals surface area contributed by atoms with Gasteiger partial charge in [0, 0.05) is 23.2 Å². The van der Waals surface area contributed by atoms with Gasteiger partial charge in [0.1, 0.15) is 0 Å². The minimum atomic E-state index is 0. The van der Waals surface area contributed by atoms with Gasteiger partial charge in [0.25, 0.3) is 5.91 Å². The minimum Gasteiger partial charge on any atom is -0.336 e. The first-order chi connectivity index (χ1) is 8.11. The van der Waals surface area contributed by atoms with Crippen molar-refractivity contribution in [2.24, 2.45) is 11.7 Å². The number of nitrogens with zero attached hydrogens (tertiary/aromatic N) is 1. The van der Waals surface area contributed by atoms with Gasteiger partial charge in [-0.25, -0.2) is 0 Å². The van der Waals surface area contributed by atoms with Crippen molar-refractivity contribution >= 4 is 29.9 Å². The molecule has 2 N–H and O–H groups in total. The van der Waals surface area contributed by atoms with Crippen molar-refractivity contribution < 1.29 is 4.79 Å². The number of halogens is 2. The van der Waals surface area contributed by atoms with E-state index in [0.29, 0.717) is 23.0 Å². The maximum atomic E-state index is 12.3. The Morgan fingerprint density at radius 1 is 1.56 bits per heavy atom. The lowest BCUT2D eigenvalue weighted by Crippen LogP contribution is -2.34. The predicted octanol–water partition coefficient (Wildman–Crippen LogP) is 2.57. The normalized spacial score (nSPS) is 22.7. The first-order valence-corrected chi connectivity index (χ1v) is 6.26. The smallest absolute Gasteiger partial charge is 0.254 e. The van der Waals surface area contributed by atoms with Crippen molar-refractivity contribution in [1.29, 1.82) is 0 Å². The number of hydrogen-bond acceptors (Lipinski definition) is 2. The third-order valence-corrected chi connectivity index (χ3v) is 3.56. The maximum absolute atomic E-state index is 12.3. The molecule has 0 radical (unpaired) electrons. The Balaban J connectivity index is 0.00000162. The zero-order valence-electron chi connectivity index (χ0n) is 10.3. The number of carbonyl (C=O) groups excluding carboxylic acids is 1. The van der Waals surface area contributed by atoms with Crippen LogP contribution in [0.4, 0.5) is 0 Å². The largest absolute Gasteiger partial charge is 0.336 e. The Morgan fingerprint density at radius 3 is 2.83 bits per heavy atom. The summed E-state index contributed by atoms with van der Waals surface area (Å²) >= 11 is 5.90. The molecule has 0 bridgehead atoms. The number of hydrogen-bond donors (Lipinski definition) is 1. The standard InChI is InChI=1S/C13H17ClN2O.ClH/c1-9-5-10(7-15)8-16(9)13(17)11-3-2-4-12(14)6-11;/h2-4,6,9-10H,5,7-8,15H2,1H3;1H. The second kappa shape index (κ2) is 6.41. The Labute approximate surface area is 119 Å². The zero-order valence-corrected chi connectivity index (χ0v) is 11.9. The summed E-state index contributed by atoms with van der Waals surface area (Å²) in [6.45, 7) is 3.46. The molecule has 1 aliphatic heterocycles. The molecule has 1 heterocycles. The highest BCUT2D eigenvalue weighted by atomic mass is 35.5. The molecule has 1 fully saturated rings. The molecule has 0 spiro atoms. The van der Waals surface area contributed by atoms with Crippen LogP contribution in [0.25, 0.3) is 0 Å². The van der Waals surface area contributed by atoms with Gasteiger partial charge >= 0.3 is 0 Å². The van der Waals surface area contributed by atoms with E-state index in [0.717, 1.165) is 13.0 Å². The second-order valence-electron chi connectivity index (χ2n) is 4.65.